The molecule has 0 aliphatic rings. The molecule has 0 atom stereocenters. The second-order valence-electron chi connectivity index (χ2n) is 5.82. The minimum atomic E-state index is -4.84. The number of ether oxygens (including phenoxy) is 1. The number of aliphatic hydroxyl groups excluding tert-OH is 1. The van der Waals surface area contributed by atoms with Gasteiger partial charge in [0.15, 0.2) is 5.65 Å². The number of alkyl halides is 3. The van der Waals surface area contributed by atoms with E-state index in [2.05, 4.69) is 25.5 Å². The molecule has 0 bridgehead atoms. The lowest BCUT2D eigenvalue weighted by Crippen LogP contribution is -2.21. The Kier molecular flexibility index (Phi) is 5.73. The summed E-state index contributed by atoms with van der Waals surface area (Å²) < 4.78 is 42.2. The molecule has 0 saturated carbocycles. The van der Waals surface area contributed by atoms with Crippen LogP contribution >= 0.6 is 0 Å². The summed E-state index contributed by atoms with van der Waals surface area (Å²) in [4.78, 5) is 26.7. The lowest BCUT2D eigenvalue weighted by atomic mass is 10.2. The molecule has 2 heterocycles. The van der Waals surface area contributed by atoms with Gasteiger partial charge < -0.3 is 25.6 Å². The molecule has 0 spiro atoms. The number of pyridine rings is 1. The van der Waals surface area contributed by atoms with E-state index in [1.807, 2.05) is 0 Å². The fourth-order valence-electron chi connectivity index (χ4n) is 2.66. The summed E-state index contributed by atoms with van der Waals surface area (Å²) in [5.74, 6) is -1.14. The number of amides is 2. The maximum Gasteiger partial charge on any atom is 0.573 e. The molecule has 13 heteroatoms. The van der Waals surface area contributed by atoms with Gasteiger partial charge in [0.1, 0.15) is 12.4 Å². The van der Waals surface area contributed by atoms with Crippen LogP contribution in [0.2, 0.25) is 0 Å². The molecule has 30 heavy (non-hydrogen) atoms. The molecule has 3 aromatic rings. The van der Waals surface area contributed by atoms with Crippen LogP contribution < -0.4 is 15.4 Å². The minimum Gasteiger partial charge on any atom is -0.465 e. The third kappa shape index (κ3) is 4.75. The summed E-state index contributed by atoms with van der Waals surface area (Å²) in [5, 5.41) is 27.0. The standard InChI is InChI=1S/C17H14F3N5O5/c18-17(19,20)30-10-3-1-9(2-4-10)25-15-14(12(24-25)7-22-16(28)29)11(5-6-21-15)23-13(27)8-26/h1-6,22,26H,7-8H2,(H,28,29)(H,21,23,27). The number of rotatable bonds is 6. The molecule has 0 fully saturated rings. The average molecular weight is 425 g/mol. The van der Waals surface area contributed by atoms with Gasteiger partial charge in [-0.1, -0.05) is 0 Å². The van der Waals surface area contributed by atoms with Crippen molar-refractivity contribution in [2.75, 3.05) is 11.9 Å². The van der Waals surface area contributed by atoms with E-state index in [-0.39, 0.29) is 23.6 Å². The van der Waals surface area contributed by atoms with E-state index in [1.54, 1.807) is 0 Å². The third-order valence-electron chi connectivity index (χ3n) is 3.78. The molecule has 2 amide bonds. The zero-order chi connectivity index (χ0) is 21.9. The lowest BCUT2D eigenvalue weighted by molar-refractivity contribution is -0.274. The van der Waals surface area contributed by atoms with Gasteiger partial charge in [0.05, 0.1) is 29.0 Å². The highest BCUT2D eigenvalue weighted by Crippen LogP contribution is 2.29. The zero-order valence-corrected chi connectivity index (χ0v) is 15.0. The van der Waals surface area contributed by atoms with Crippen LogP contribution in [0, 0.1) is 0 Å². The number of carbonyl (C=O) groups is 2. The van der Waals surface area contributed by atoms with Gasteiger partial charge in [-0.05, 0) is 30.3 Å². The van der Waals surface area contributed by atoms with Crippen molar-refractivity contribution in [3.63, 3.8) is 0 Å². The van der Waals surface area contributed by atoms with Crippen LogP contribution in [0.4, 0.5) is 23.7 Å². The number of hydrogen-bond donors (Lipinski definition) is 4. The van der Waals surface area contributed by atoms with Crippen LogP contribution in [0.15, 0.2) is 36.5 Å². The normalized spacial score (nSPS) is 11.3. The molecule has 4 N–H and O–H groups in total. The number of benzene rings is 1. The van der Waals surface area contributed by atoms with E-state index in [4.69, 9.17) is 10.2 Å². The van der Waals surface area contributed by atoms with E-state index in [9.17, 15) is 22.8 Å². The van der Waals surface area contributed by atoms with Gasteiger partial charge >= 0.3 is 12.5 Å². The Bertz CT molecular complexity index is 1080. The summed E-state index contributed by atoms with van der Waals surface area (Å²) in [5.41, 5.74) is 0.945. The maximum absolute atomic E-state index is 12.3. The van der Waals surface area contributed by atoms with Gasteiger partial charge in [0, 0.05) is 6.20 Å². The summed E-state index contributed by atoms with van der Waals surface area (Å²) in [7, 11) is 0. The summed E-state index contributed by atoms with van der Waals surface area (Å²) in [6.07, 6.45) is -4.80. The Morgan fingerprint density at radius 1 is 1.17 bits per heavy atom. The monoisotopic (exact) mass is 425 g/mol. The Balaban J connectivity index is 2.07. The number of nitrogens with one attached hydrogen (secondary N) is 2. The summed E-state index contributed by atoms with van der Waals surface area (Å²) >= 11 is 0. The molecular weight excluding hydrogens is 411 g/mol. The summed E-state index contributed by atoms with van der Waals surface area (Å²) in [6.45, 7) is -1.01. The third-order valence-corrected chi connectivity index (χ3v) is 3.78. The first-order chi connectivity index (χ1) is 14.2. The number of halogens is 3. The summed E-state index contributed by atoms with van der Waals surface area (Å²) in [6, 6.07) is 6.23. The maximum atomic E-state index is 12.3. The molecule has 0 saturated heterocycles. The van der Waals surface area contributed by atoms with Crippen molar-refractivity contribution in [3.8, 4) is 11.4 Å². The highest BCUT2D eigenvalue weighted by atomic mass is 19.4. The molecule has 0 aliphatic heterocycles. The molecule has 3 rings (SSSR count). The predicted octanol–water partition coefficient (Wildman–Crippen LogP) is 2.02. The van der Waals surface area contributed by atoms with Crippen molar-refractivity contribution in [1.82, 2.24) is 20.1 Å². The van der Waals surface area contributed by atoms with E-state index >= 15 is 0 Å². The van der Waals surface area contributed by atoms with Gasteiger partial charge in [-0.3, -0.25) is 4.79 Å². The first-order valence-electron chi connectivity index (χ1n) is 8.28. The topological polar surface area (TPSA) is 139 Å². The van der Waals surface area contributed by atoms with Gasteiger partial charge in [-0.2, -0.15) is 5.10 Å². The van der Waals surface area contributed by atoms with Gasteiger partial charge in [0.25, 0.3) is 0 Å². The molecule has 1 aromatic carbocycles. The minimum absolute atomic E-state index is 0.198. The fourth-order valence-corrected chi connectivity index (χ4v) is 2.66. The lowest BCUT2D eigenvalue weighted by Gasteiger charge is -2.09. The molecule has 10 nitrogen and oxygen atoms in total. The average Bonchev–Trinajstić information content (AvgIpc) is 3.05. The number of carboxylic acid groups (broad SMARTS) is 1. The Morgan fingerprint density at radius 3 is 2.47 bits per heavy atom. The van der Waals surface area contributed by atoms with E-state index < -0.39 is 30.7 Å². The molecule has 158 valence electrons. The van der Waals surface area contributed by atoms with Crippen LogP contribution in [0.25, 0.3) is 16.7 Å². The molecular formula is C17H14F3N5O5. The number of nitrogens with zero attached hydrogens (tertiary/aromatic N) is 3. The van der Waals surface area contributed by atoms with E-state index in [0.29, 0.717) is 11.1 Å². The Hall–Kier alpha value is -3.87. The van der Waals surface area contributed by atoms with Crippen molar-refractivity contribution in [3.05, 3.63) is 42.2 Å². The van der Waals surface area contributed by atoms with Crippen LogP contribution in [0.5, 0.6) is 5.75 Å². The molecule has 0 unspecified atom stereocenters. The Morgan fingerprint density at radius 2 is 1.87 bits per heavy atom. The predicted molar refractivity (Wildman–Crippen MR) is 96.1 cm³/mol. The second kappa shape index (κ2) is 8.24. The van der Waals surface area contributed by atoms with E-state index in [0.717, 1.165) is 12.1 Å². The first-order valence-corrected chi connectivity index (χ1v) is 8.28. The fraction of sp³-hybridized carbons (Fsp3) is 0.176. The van der Waals surface area contributed by atoms with Crippen LogP contribution in [-0.4, -0.2) is 49.9 Å². The molecule has 0 aliphatic carbocycles. The largest absolute Gasteiger partial charge is 0.573 e. The van der Waals surface area contributed by atoms with Crippen molar-refractivity contribution < 1.29 is 37.7 Å². The second-order valence-corrected chi connectivity index (χ2v) is 5.82. The first kappa shape index (κ1) is 20.9. The smallest absolute Gasteiger partial charge is 0.465 e. The van der Waals surface area contributed by atoms with Gasteiger partial charge in [-0.25, -0.2) is 14.5 Å². The number of carbonyl (C=O) groups excluding carboxylic acids is 1. The number of anilines is 1. The number of aliphatic hydroxyl groups is 1. The highest BCUT2D eigenvalue weighted by Gasteiger charge is 2.31. The number of aromatic nitrogens is 3. The number of hydrogen-bond acceptors (Lipinski definition) is 6. The van der Waals surface area contributed by atoms with Crippen molar-refractivity contribution in [2.45, 2.75) is 12.9 Å². The zero-order valence-electron chi connectivity index (χ0n) is 15.0. The van der Waals surface area contributed by atoms with Crippen molar-refractivity contribution in [1.29, 1.82) is 0 Å². The Labute approximate surface area is 165 Å². The van der Waals surface area contributed by atoms with Crippen LogP contribution in [-0.2, 0) is 11.3 Å². The van der Waals surface area contributed by atoms with Gasteiger partial charge in [0.2, 0.25) is 5.91 Å². The highest BCUT2D eigenvalue weighted by molar-refractivity contribution is 6.01. The molecule has 2 aromatic heterocycles. The van der Waals surface area contributed by atoms with E-state index in [1.165, 1.54) is 29.1 Å². The van der Waals surface area contributed by atoms with Crippen molar-refractivity contribution in [2.24, 2.45) is 0 Å². The quantitative estimate of drug-likeness (QED) is 0.474. The van der Waals surface area contributed by atoms with Crippen molar-refractivity contribution >= 4 is 28.7 Å². The van der Waals surface area contributed by atoms with Crippen LogP contribution in [0.3, 0.4) is 0 Å². The number of fused-ring (bicyclic) bond motifs is 1. The van der Waals surface area contributed by atoms with Crippen LogP contribution in [0.1, 0.15) is 5.69 Å². The molecule has 0 radical (unpaired) electrons. The van der Waals surface area contributed by atoms with Gasteiger partial charge in [-0.15, -0.1) is 13.2 Å². The SMILES string of the molecule is O=C(O)NCc1nn(-c2ccc(OC(F)(F)F)cc2)c2nccc(NC(=O)CO)c12.